The first-order valence-corrected chi connectivity index (χ1v) is 18.3. The van der Waals surface area contributed by atoms with Gasteiger partial charge in [0, 0.05) is 69.2 Å². The Balaban J connectivity index is 1.28. The summed E-state index contributed by atoms with van der Waals surface area (Å²) >= 11 is 0. The maximum Gasteiger partial charge on any atom is 0.323 e. The van der Waals surface area contributed by atoms with Crippen LogP contribution in [-0.2, 0) is 30.9 Å². The van der Waals surface area contributed by atoms with Crippen LogP contribution in [0, 0.1) is 13.8 Å². The van der Waals surface area contributed by atoms with Gasteiger partial charge in [0.1, 0.15) is 11.8 Å². The van der Waals surface area contributed by atoms with Gasteiger partial charge in [0.25, 0.3) is 5.91 Å². The van der Waals surface area contributed by atoms with Gasteiger partial charge in [-0.3, -0.25) is 19.1 Å². The van der Waals surface area contributed by atoms with Crippen molar-refractivity contribution in [2.45, 2.75) is 63.9 Å². The van der Waals surface area contributed by atoms with Crippen molar-refractivity contribution in [3.8, 4) is 5.75 Å². The number of nitrogens with zero attached hydrogens (tertiary/aromatic N) is 3. The van der Waals surface area contributed by atoms with Crippen molar-refractivity contribution in [1.29, 1.82) is 0 Å². The molecule has 17 heteroatoms. The molecule has 0 saturated carbocycles. The van der Waals surface area contributed by atoms with Gasteiger partial charge in [-0.05, 0) is 81.5 Å². The van der Waals surface area contributed by atoms with Crippen LogP contribution in [0.15, 0.2) is 53.8 Å². The summed E-state index contributed by atoms with van der Waals surface area (Å²) < 4.78 is 41.9. The molecule has 0 saturated heterocycles. The quantitative estimate of drug-likeness (QED) is 0.0647. The highest BCUT2D eigenvalue weighted by atomic mass is 32.2. The van der Waals surface area contributed by atoms with E-state index in [1.165, 1.54) is 0 Å². The van der Waals surface area contributed by atoms with E-state index in [9.17, 15) is 27.9 Å². The zero-order valence-electron chi connectivity index (χ0n) is 29.0. The number of imidazole rings is 1. The number of aromatic amines is 1. The summed E-state index contributed by atoms with van der Waals surface area (Å²) in [5.74, 6) is -0.992. The average Bonchev–Trinajstić information content (AvgIpc) is 3.76. The number of aromatic nitrogens is 4. The minimum absolute atomic E-state index is 0.0851. The van der Waals surface area contributed by atoms with E-state index in [4.69, 9.17) is 9.47 Å². The predicted octanol–water partition coefficient (Wildman–Crippen LogP) is 2.74. The maximum atomic E-state index is 13.4. The number of anilines is 1. The molecule has 16 nitrogen and oxygen atoms in total. The van der Waals surface area contributed by atoms with Crippen molar-refractivity contribution in [3.05, 3.63) is 65.6 Å². The Hall–Kier alpha value is -5.00. The first kappa shape index (κ1) is 38.8. The summed E-state index contributed by atoms with van der Waals surface area (Å²) in [5.41, 5.74) is 1.80. The highest BCUT2D eigenvalue weighted by molar-refractivity contribution is 7.89. The fraction of sp³-hybridized carbons (Fsp3) is 0.441. The number of carboxylic acids is 1. The number of carboxylic acid groups (broad SMARTS) is 1. The zero-order chi connectivity index (χ0) is 36.8. The van der Waals surface area contributed by atoms with Gasteiger partial charge in [0.2, 0.25) is 15.9 Å². The Kier molecular flexibility index (Phi) is 14.3. The number of hydrogen-bond acceptors (Lipinski definition) is 10. The third-order valence-corrected chi connectivity index (χ3v) is 9.59. The molecule has 276 valence electrons. The van der Waals surface area contributed by atoms with Crippen molar-refractivity contribution >= 4 is 44.7 Å². The highest BCUT2D eigenvalue weighted by Crippen LogP contribution is 2.26. The molecule has 2 aromatic carbocycles. The molecular weight excluding hydrogens is 680 g/mol. The van der Waals surface area contributed by atoms with Crippen molar-refractivity contribution in [1.82, 2.24) is 35.1 Å². The molecule has 0 aliphatic rings. The minimum Gasteiger partial charge on any atom is -0.494 e. The molecule has 0 unspecified atom stereocenters. The summed E-state index contributed by atoms with van der Waals surface area (Å²) in [4.78, 5) is 44.1. The second-order valence-electron chi connectivity index (χ2n) is 11.8. The van der Waals surface area contributed by atoms with Crippen LogP contribution in [0.25, 0.3) is 10.9 Å². The topological polar surface area (TPSA) is 219 Å². The van der Waals surface area contributed by atoms with E-state index in [1.54, 1.807) is 62.8 Å². The molecule has 0 aliphatic heterocycles. The van der Waals surface area contributed by atoms with Crippen molar-refractivity contribution in [3.63, 3.8) is 0 Å². The third-order valence-electron chi connectivity index (χ3n) is 7.81. The average molecular weight is 727 g/mol. The first-order chi connectivity index (χ1) is 24.5. The lowest BCUT2D eigenvalue weighted by atomic mass is 10.1. The Morgan fingerprint density at radius 2 is 1.80 bits per heavy atom. The van der Waals surface area contributed by atoms with E-state index in [1.807, 2.05) is 11.6 Å². The standard InChI is InChI=1S/C34H46N8O8S/c1-4-49-16-7-12-35-30(43)8-5-17-50-27-18-23(2)31(24(3)19-27)51(47,48)41-28(33(45)46)22-39-32(44)25-9-10-29-26(20-25)21-40-42(29)15-6-11-36-34-37-13-14-38-34/h9-10,13-14,18-21,28,41H,4-8,11-12,15-17,22H2,1-3H3,(H,35,43)(H,39,44)(H,45,46)(H2,36,37,38)/t28-/m0/s1. The van der Waals surface area contributed by atoms with E-state index in [-0.39, 0.29) is 29.4 Å². The van der Waals surface area contributed by atoms with Gasteiger partial charge in [0.05, 0.1) is 23.2 Å². The van der Waals surface area contributed by atoms with Crippen LogP contribution in [0.1, 0.15) is 54.1 Å². The first-order valence-electron chi connectivity index (χ1n) is 16.8. The SMILES string of the molecule is CCOCCCNC(=O)CCCOc1cc(C)c(S(=O)(=O)N[C@@H](CNC(=O)c2ccc3c(cnn3CCCNc3ncc[nH]3)c2)C(=O)O)c(C)c1. The van der Waals surface area contributed by atoms with Crippen LogP contribution in [0.2, 0.25) is 0 Å². The van der Waals surface area contributed by atoms with Crippen LogP contribution in [0.5, 0.6) is 5.75 Å². The number of benzene rings is 2. The number of amides is 2. The van der Waals surface area contributed by atoms with Gasteiger partial charge < -0.3 is 35.5 Å². The smallest absolute Gasteiger partial charge is 0.323 e. The molecule has 0 spiro atoms. The molecule has 0 aliphatic carbocycles. The van der Waals surface area contributed by atoms with E-state index >= 15 is 0 Å². The molecule has 2 amide bonds. The van der Waals surface area contributed by atoms with Crippen LogP contribution in [0.3, 0.4) is 0 Å². The molecule has 4 aromatic rings. The van der Waals surface area contributed by atoms with Crippen LogP contribution < -0.4 is 25.4 Å². The predicted molar refractivity (Wildman–Crippen MR) is 190 cm³/mol. The molecule has 6 N–H and O–H groups in total. The van der Waals surface area contributed by atoms with Gasteiger partial charge in [-0.2, -0.15) is 9.82 Å². The maximum absolute atomic E-state index is 13.4. The molecule has 0 bridgehead atoms. The third kappa shape index (κ3) is 11.5. The lowest BCUT2D eigenvalue weighted by Gasteiger charge is -2.19. The van der Waals surface area contributed by atoms with Crippen LogP contribution in [-0.4, -0.2) is 96.6 Å². The summed E-state index contributed by atoms with van der Waals surface area (Å²) in [7, 11) is -4.32. The fourth-order valence-corrected chi connectivity index (χ4v) is 7.04. The summed E-state index contributed by atoms with van der Waals surface area (Å²) in [6.07, 6.45) is 7.30. The normalized spacial score (nSPS) is 12.1. The largest absolute Gasteiger partial charge is 0.494 e. The molecule has 51 heavy (non-hydrogen) atoms. The molecule has 0 fully saturated rings. The fourth-order valence-electron chi connectivity index (χ4n) is 5.40. The number of carbonyl (C=O) groups is 3. The van der Waals surface area contributed by atoms with Gasteiger partial charge >= 0.3 is 5.97 Å². The molecule has 0 radical (unpaired) electrons. The second kappa shape index (κ2) is 18.8. The van der Waals surface area contributed by atoms with Gasteiger partial charge in [-0.15, -0.1) is 0 Å². The van der Waals surface area contributed by atoms with Gasteiger partial charge in [-0.25, -0.2) is 13.4 Å². The Labute approximate surface area is 296 Å². The molecule has 2 heterocycles. The van der Waals surface area contributed by atoms with E-state index in [0.29, 0.717) is 62.1 Å². The number of H-pyrrole nitrogens is 1. The number of aliphatic carboxylic acids is 1. The number of aryl methyl sites for hydroxylation is 3. The van der Waals surface area contributed by atoms with Gasteiger partial charge in [-0.1, -0.05) is 0 Å². The Morgan fingerprint density at radius 1 is 1.02 bits per heavy atom. The molecule has 4 rings (SSSR count). The number of carbonyl (C=O) groups excluding carboxylic acids is 2. The van der Waals surface area contributed by atoms with Crippen LogP contribution >= 0.6 is 0 Å². The molecular formula is C34H46N8O8S. The molecule has 2 aromatic heterocycles. The summed E-state index contributed by atoms with van der Waals surface area (Å²) in [6, 6.07) is 6.46. The van der Waals surface area contributed by atoms with E-state index in [0.717, 1.165) is 23.7 Å². The second-order valence-corrected chi connectivity index (χ2v) is 13.5. The number of fused-ring (bicyclic) bond motifs is 1. The number of hydrogen-bond donors (Lipinski definition) is 6. The number of ether oxygens (including phenoxy) is 2. The van der Waals surface area contributed by atoms with E-state index < -0.39 is 34.5 Å². The lowest BCUT2D eigenvalue weighted by Crippen LogP contribution is -2.48. The number of rotatable bonds is 22. The van der Waals surface area contributed by atoms with E-state index in [2.05, 4.69) is 35.7 Å². The molecule has 1 atom stereocenters. The van der Waals surface area contributed by atoms with Crippen molar-refractivity contribution in [2.75, 3.05) is 44.8 Å². The number of sulfonamides is 1. The monoisotopic (exact) mass is 726 g/mol. The zero-order valence-corrected chi connectivity index (χ0v) is 29.8. The van der Waals surface area contributed by atoms with Crippen molar-refractivity contribution in [2.24, 2.45) is 0 Å². The lowest BCUT2D eigenvalue weighted by molar-refractivity contribution is -0.138. The summed E-state index contributed by atoms with van der Waals surface area (Å²) in [6.45, 7) is 7.91. The van der Waals surface area contributed by atoms with Gasteiger partial charge in [0.15, 0.2) is 5.95 Å². The van der Waals surface area contributed by atoms with Crippen molar-refractivity contribution < 1.29 is 37.4 Å². The summed E-state index contributed by atoms with van der Waals surface area (Å²) in [5, 5.41) is 23.5. The Morgan fingerprint density at radius 3 is 2.51 bits per heavy atom. The minimum atomic E-state index is -4.32. The Bertz CT molecular complexity index is 1850. The van der Waals surface area contributed by atoms with Crippen LogP contribution in [0.4, 0.5) is 5.95 Å². The number of nitrogens with one attached hydrogen (secondary N) is 5. The highest BCUT2D eigenvalue weighted by Gasteiger charge is 2.29.